The second kappa shape index (κ2) is 2.78. The predicted octanol–water partition coefficient (Wildman–Crippen LogP) is 0.593. The van der Waals surface area contributed by atoms with E-state index in [0.29, 0.717) is 11.3 Å². The van der Waals surface area contributed by atoms with Gasteiger partial charge in [0.05, 0.1) is 12.7 Å². The zero-order valence-corrected chi connectivity index (χ0v) is 6.89. The number of nitrogens with one attached hydrogen (secondary N) is 1. The van der Waals surface area contributed by atoms with Gasteiger partial charge in [0.25, 0.3) is 5.91 Å². The molecule has 11 heavy (non-hydrogen) atoms. The molecular weight excluding hydrogens is 142 g/mol. The minimum atomic E-state index is -0.0903. The van der Waals surface area contributed by atoms with E-state index < -0.39 is 0 Å². The number of ether oxygens (including phenoxy) is 1. The number of allylic oxidation sites excluding steroid dienone is 1. The molecule has 1 aliphatic carbocycles. The van der Waals surface area contributed by atoms with Crippen molar-refractivity contribution in [2.24, 2.45) is 0 Å². The van der Waals surface area contributed by atoms with Crippen LogP contribution in [0.3, 0.4) is 0 Å². The van der Waals surface area contributed by atoms with Gasteiger partial charge in [-0.2, -0.15) is 0 Å². The second-order valence-electron chi connectivity index (χ2n) is 2.35. The molecule has 0 unspecified atom stereocenters. The lowest BCUT2D eigenvalue weighted by atomic mass is 9.97. The first-order chi connectivity index (χ1) is 5.20. The minimum absolute atomic E-state index is 0.0903. The van der Waals surface area contributed by atoms with Gasteiger partial charge in [0.2, 0.25) is 0 Å². The summed E-state index contributed by atoms with van der Waals surface area (Å²) in [6.45, 7) is 1.91. The van der Waals surface area contributed by atoms with Crippen LogP contribution in [0.15, 0.2) is 23.0 Å². The first-order valence-corrected chi connectivity index (χ1v) is 3.39. The maximum atomic E-state index is 11.0. The van der Waals surface area contributed by atoms with Crippen LogP contribution in [0.2, 0.25) is 0 Å². The minimum Gasteiger partial charge on any atom is -0.496 e. The zero-order valence-electron chi connectivity index (χ0n) is 6.89. The number of hydrogen-bond donors (Lipinski definition) is 1. The van der Waals surface area contributed by atoms with Gasteiger partial charge in [-0.3, -0.25) is 4.79 Å². The predicted molar refractivity (Wildman–Crippen MR) is 41.9 cm³/mol. The van der Waals surface area contributed by atoms with Crippen molar-refractivity contribution in [3.8, 4) is 0 Å². The fourth-order valence-corrected chi connectivity index (χ4v) is 1.06. The van der Waals surface area contributed by atoms with E-state index in [1.54, 1.807) is 20.2 Å². The van der Waals surface area contributed by atoms with Crippen LogP contribution >= 0.6 is 0 Å². The van der Waals surface area contributed by atoms with Crippen LogP contribution < -0.4 is 5.32 Å². The van der Waals surface area contributed by atoms with Gasteiger partial charge < -0.3 is 10.1 Å². The average Bonchev–Trinajstić information content (AvgIpc) is 1.99. The quantitative estimate of drug-likeness (QED) is 0.630. The number of amides is 1. The molecule has 0 bridgehead atoms. The number of rotatable bonds is 2. The first-order valence-electron chi connectivity index (χ1n) is 3.39. The summed E-state index contributed by atoms with van der Waals surface area (Å²) in [5, 5.41) is 2.53. The molecule has 1 amide bonds. The van der Waals surface area contributed by atoms with E-state index in [0.717, 1.165) is 5.57 Å². The summed E-state index contributed by atoms with van der Waals surface area (Å²) in [6.07, 6.45) is 1.80. The largest absolute Gasteiger partial charge is 0.496 e. The number of carbonyl (C=O) groups excluding carboxylic acids is 1. The van der Waals surface area contributed by atoms with E-state index in [1.807, 2.05) is 6.92 Å². The molecule has 0 saturated carbocycles. The Kier molecular flexibility index (Phi) is 1.98. The molecule has 0 aromatic carbocycles. The van der Waals surface area contributed by atoms with Crippen LogP contribution in [0.5, 0.6) is 0 Å². The van der Waals surface area contributed by atoms with Crippen molar-refractivity contribution in [3.63, 3.8) is 0 Å². The summed E-state index contributed by atoms with van der Waals surface area (Å²) in [4.78, 5) is 11.0. The maximum Gasteiger partial charge on any atom is 0.254 e. The monoisotopic (exact) mass is 153 g/mol. The fraction of sp³-hybridized carbons (Fsp3) is 0.375. The van der Waals surface area contributed by atoms with Crippen LogP contribution in [0, 0.1) is 0 Å². The summed E-state index contributed by atoms with van der Waals surface area (Å²) < 4.78 is 4.98. The average molecular weight is 153 g/mol. The van der Waals surface area contributed by atoms with Gasteiger partial charge in [0.15, 0.2) is 0 Å². The molecule has 60 valence electrons. The molecular formula is C8H11NO2. The van der Waals surface area contributed by atoms with Crippen molar-refractivity contribution in [2.45, 2.75) is 6.92 Å². The van der Waals surface area contributed by atoms with E-state index in [9.17, 15) is 4.79 Å². The molecule has 0 fully saturated rings. The number of hydrogen-bond acceptors (Lipinski definition) is 2. The highest BCUT2D eigenvalue weighted by atomic mass is 16.5. The van der Waals surface area contributed by atoms with Gasteiger partial charge in [0.1, 0.15) is 5.76 Å². The van der Waals surface area contributed by atoms with Crippen LogP contribution in [0.4, 0.5) is 0 Å². The van der Waals surface area contributed by atoms with Gasteiger partial charge in [-0.1, -0.05) is 0 Å². The van der Waals surface area contributed by atoms with Crippen LogP contribution in [-0.2, 0) is 9.53 Å². The highest BCUT2D eigenvalue weighted by molar-refractivity contribution is 5.99. The Balaban J connectivity index is 2.75. The van der Waals surface area contributed by atoms with E-state index in [2.05, 4.69) is 5.32 Å². The Hall–Kier alpha value is -1.25. The zero-order chi connectivity index (χ0) is 8.43. The van der Waals surface area contributed by atoms with Crippen molar-refractivity contribution in [1.29, 1.82) is 0 Å². The Morgan fingerprint density at radius 1 is 1.64 bits per heavy atom. The summed E-state index contributed by atoms with van der Waals surface area (Å²) in [5.41, 5.74) is 1.65. The van der Waals surface area contributed by atoms with Crippen LogP contribution in [-0.4, -0.2) is 20.1 Å². The van der Waals surface area contributed by atoms with Gasteiger partial charge in [-0.15, -0.1) is 0 Å². The molecule has 0 atom stereocenters. The standard InChI is InChI=1S/C8H11NO2/c1-5-4-6(7(5)11-3)8(10)9-2/h4H,1-3H3,(H,9,10). The second-order valence-corrected chi connectivity index (χ2v) is 2.35. The summed E-state index contributed by atoms with van der Waals surface area (Å²) in [6, 6.07) is 0. The summed E-state index contributed by atoms with van der Waals surface area (Å²) >= 11 is 0. The Morgan fingerprint density at radius 3 is 2.64 bits per heavy atom. The normalized spacial score (nSPS) is 15.4. The van der Waals surface area contributed by atoms with Gasteiger partial charge >= 0.3 is 0 Å². The summed E-state index contributed by atoms with van der Waals surface area (Å²) in [7, 11) is 3.17. The van der Waals surface area contributed by atoms with Crippen molar-refractivity contribution in [2.75, 3.05) is 14.2 Å². The molecule has 0 heterocycles. The maximum absolute atomic E-state index is 11.0. The fourth-order valence-electron chi connectivity index (χ4n) is 1.06. The molecule has 0 spiro atoms. The Bertz CT molecular complexity index is 251. The first kappa shape index (κ1) is 7.85. The van der Waals surface area contributed by atoms with Crippen molar-refractivity contribution >= 4 is 5.91 Å². The molecule has 1 N–H and O–H groups in total. The van der Waals surface area contributed by atoms with Crippen molar-refractivity contribution < 1.29 is 9.53 Å². The van der Waals surface area contributed by atoms with Crippen molar-refractivity contribution in [1.82, 2.24) is 5.32 Å². The van der Waals surface area contributed by atoms with E-state index >= 15 is 0 Å². The van der Waals surface area contributed by atoms with Crippen LogP contribution in [0.25, 0.3) is 0 Å². The molecule has 0 aromatic heterocycles. The lowest BCUT2D eigenvalue weighted by Gasteiger charge is -2.18. The van der Waals surface area contributed by atoms with Gasteiger partial charge in [-0.25, -0.2) is 0 Å². The van der Waals surface area contributed by atoms with Crippen LogP contribution in [0.1, 0.15) is 6.92 Å². The van der Waals surface area contributed by atoms with Gasteiger partial charge in [-0.05, 0) is 18.6 Å². The smallest absolute Gasteiger partial charge is 0.254 e. The third-order valence-electron chi connectivity index (χ3n) is 1.64. The lowest BCUT2D eigenvalue weighted by Crippen LogP contribution is -2.24. The Labute approximate surface area is 65.7 Å². The number of methoxy groups -OCH3 is 1. The van der Waals surface area contributed by atoms with Gasteiger partial charge in [0, 0.05) is 7.05 Å². The topological polar surface area (TPSA) is 38.3 Å². The van der Waals surface area contributed by atoms with E-state index in [-0.39, 0.29) is 5.91 Å². The molecule has 0 saturated heterocycles. The third-order valence-corrected chi connectivity index (χ3v) is 1.64. The lowest BCUT2D eigenvalue weighted by molar-refractivity contribution is -0.117. The SMILES string of the molecule is CNC(=O)C1=C(OC)C(C)=C1. The van der Waals surface area contributed by atoms with Crippen molar-refractivity contribution in [3.05, 3.63) is 23.0 Å². The summed E-state index contributed by atoms with van der Waals surface area (Å²) in [5.74, 6) is 0.608. The highest BCUT2D eigenvalue weighted by Crippen LogP contribution is 2.26. The highest BCUT2D eigenvalue weighted by Gasteiger charge is 2.22. The Morgan fingerprint density at radius 2 is 2.27 bits per heavy atom. The molecule has 0 radical (unpaired) electrons. The van der Waals surface area contributed by atoms with E-state index in [1.165, 1.54) is 0 Å². The number of likely N-dealkylation sites (N-methyl/N-ethyl adjacent to an activating group) is 1. The molecule has 1 rings (SSSR count). The number of carbonyl (C=O) groups is 1. The molecule has 0 aromatic rings. The molecule has 3 heteroatoms. The van der Waals surface area contributed by atoms with E-state index in [4.69, 9.17) is 4.74 Å². The molecule has 1 aliphatic rings. The third kappa shape index (κ3) is 1.13. The molecule has 3 nitrogen and oxygen atoms in total. The molecule has 0 aliphatic heterocycles.